The Hall–Kier alpha value is -1.02. The lowest BCUT2D eigenvalue weighted by Crippen LogP contribution is -2.39. The van der Waals surface area contributed by atoms with Crippen molar-refractivity contribution in [3.63, 3.8) is 0 Å². The summed E-state index contributed by atoms with van der Waals surface area (Å²) in [4.78, 5) is 3.04. The number of sulfone groups is 1. The van der Waals surface area contributed by atoms with Crippen LogP contribution >= 0.6 is 11.3 Å². The Morgan fingerprint density at radius 2 is 2.00 bits per heavy atom. The van der Waals surface area contributed by atoms with Gasteiger partial charge in [0.05, 0.1) is 11.5 Å². The van der Waals surface area contributed by atoms with Gasteiger partial charge in [0.2, 0.25) is 0 Å². The van der Waals surface area contributed by atoms with Gasteiger partial charge >= 0.3 is 0 Å². The highest BCUT2D eigenvalue weighted by molar-refractivity contribution is 7.91. The Kier molecular flexibility index (Phi) is 4.00. The van der Waals surface area contributed by atoms with E-state index < -0.39 is 9.84 Å². The van der Waals surface area contributed by atoms with Gasteiger partial charge in [-0.2, -0.15) is 0 Å². The second kappa shape index (κ2) is 5.64. The van der Waals surface area contributed by atoms with E-state index in [0.717, 1.165) is 15.1 Å². The van der Waals surface area contributed by atoms with E-state index in [4.69, 9.17) is 5.73 Å². The van der Waals surface area contributed by atoms with Crippen molar-refractivity contribution in [2.24, 2.45) is 5.73 Å². The molecule has 0 aliphatic carbocycles. The lowest BCUT2D eigenvalue weighted by atomic mass is 10.1. The maximum Gasteiger partial charge on any atom is 0.152 e. The molecule has 1 fully saturated rings. The summed E-state index contributed by atoms with van der Waals surface area (Å²) in [5.74, 6) is 0.119. The fourth-order valence-electron chi connectivity index (χ4n) is 2.68. The van der Waals surface area contributed by atoms with E-state index in [2.05, 4.69) is 4.90 Å². The molecule has 0 radical (unpaired) electrons. The minimum atomic E-state index is -2.90. The van der Waals surface area contributed by atoms with E-state index in [1.165, 1.54) is 17.4 Å². The van der Waals surface area contributed by atoms with Crippen molar-refractivity contribution in [2.45, 2.75) is 13.1 Å². The first-order valence-electron chi connectivity index (χ1n) is 6.82. The van der Waals surface area contributed by atoms with E-state index in [-0.39, 0.29) is 17.3 Å². The molecule has 3 rings (SSSR count). The molecule has 2 heterocycles. The number of fused-ring (bicyclic) bond motifs is 1. The van der Waals surface area contributed by atoms with Crippen molar-refractivity contribution in [1.29, 1.82) is 0 Å². The molecule has 4 nitrogen and oxygen atoms in total. The van der Waals surface area contributed by atoms with Crippen LogP contribution in [0.2, 0.25) is 0 Å². The fraction of sp³-hybridized carbons (Fsp3) is 0.429. The molecule has 0 spiro atoms. The second-order valence-corrected chi connectivity index (χ2v) is 8.69. The minimum Gasteiger partial charge on any atom is -0.326 e. The predicted molar refractivity (Wildman–Crippen MR) is 83.6 cm³/mol. The van der Waals surface area contributed by atoms with Crippen LogP contribution in [0.5, 0.6) is 0 Å². The number of nitrogens with zero attached hydrogens (tertiary/aromatic N) is 1. The number of nitrogens with two attached hydrogens (primary N) is 1. The summed E-state index contributed by atoms with van der Waals surface area (Å²) in [6, 6.07) is 5.05. The topological polar surface area (TPSA) is 63.4 Å². The third-order valence-corrected chi connectivity index (χ3v) is 6.68. The maximum absolute atomic E-state index is 14.1. The molecule has 0 atom stereocenters. The highest BCUT2D eigenvalue weighted by Crippen LogP contribution is 2.34. The number of hydrogen-bond donors (Lipinski definition) is 1. The fourth-order valence-corrected chi connectivity index (χ4v) is 5.06. The number of thiophene rings is 1. The highest BCUT2D eigenvalue weighted by Gasteiger charge is 2.24. The molecule has 2 aromatic rings. The summed E-state index contributed by atoms with van der Waals surface area (Å²) >= 11 is 1.52. The van der Waals surface area contributed by atoms with Gasteiger partial charge in [0.1, 0.15) is 5.82 Å². The molecule has 0 unspecified atom stereocenters. The number of rotatable bonds is 3. The number of halogens is 1. The number of hydrogen-bond acceptors (Lipinski definition) is 5. The van der Waals surface area contributed by atoms with Crippen molar-refractivity contribution >= 4 is 31.3 Å². The van der Waals surface area contributed by atoms with Crippen molar-refractivity contribution in [1.82, 2.24) is 4.90 Å². The van der Waals surface area contributed by atoms with Gasteiger partial charge in [-0.1, -0.05) is 6.07 Å². The van der Waals surface area contributed by atoms with Crippen LogP contribution in [0.25, 0.3) is 10.1 Å². The first-order valence-corrected chi connectivity index (χ1v) is 9.45. The molecular weight excluding hydrogens is 311 g/mol. The zero-order valence-electron chi connectivity index (χ0n) is 11.5. The average molecular weight is 328 g/mol. The summed E-state index contributed by atoms with van der Waals surface area (Å²) in [5, 5.41) is 0.636. The zero-order valence-corrected chi connectivity index (χ0v) is 13.1. The lowest BCUT2D eigenvalue weighted by molar-refractivity contribution is 0.288. The van der Waals surface area contributed by atoms with Gasteiger partial charge in [-0.3, -0.25) is 4.90 Å². The van der Waals surface area contributed by atoms with E-state index in [0.29, 0.717) is 31.6 Å². The Balaban J connectivity index is 1.93. The lowest BCUT2D eigenvalue weighted by Gasteiger charge is -2.26. The molecule has 1 aliphatic rings. The van der Waals surface area contributed by atoms with Crippen LogP contribution in [0.3, 0.4) is 0 Å². The van der Waals surface area contributed by atoms with Crippen molar-refractivity contribution < 1.29 is 12.8 Å². The van der Waals surface area contributed by atoms with Crippen LogP contribution in [0, 0.1) is 5.82 Å². The average Bonchev–Trinajstić information content (AvgIpc) is 2.80. The van der Waals surface area contributed by atoms with E-state index in [1.807, 2.05) is 6.07 Å². The van der Waals surface area contributed by atoms with Crippen molar-refractivity contribution in [2.75, 3.05) is 24.6 Å². The molecule has 114 valence electrons. The maximum atomic E-state index is 14.1. The molecule has 2 N–H and O–H groups in total. The Morgan fingerprint density at radius 3 is 2.67 bits per heavy atom. The summed E-state index contributed by atoms with van der Waals surface area (Å²) < 4.78 is 38.0. The SMILES string of the molecule is NCc1sc2cccc(F)c2c1CN1CCS(=O)(=O)CC1. The zero-order chi connectivity index (χ0) is 15.0. The van der Waals surface area contributed by atoms with Gasteiger partial charge in [-0.25, -0.2) is 12.8 Å². The Bertz CT molecular complexity index is 757. The smallest absolute Gasteiger partial charge is 0.152 e. The summed E-state index contributed by atoms with van der Waals surface area (Å²) in [7, 11) is -2.90. The predicted octanol–water partition coefficient (Wildman–Crippen LogP) is 1.73. The largest absolute Gasteiger partial charge is 0.326 e. The molecule has 0 bridgehead atoms. The normalized spacial score (nSPS) is 19.1. The highest BCUT2D eigenvalue weighted by atomic mass is 32.2. The molecule has 0 saturated carbocycles. The molecule has 1 aromatic heterocycles. The number of benzene rings is 1. The standard InChI is InChI=1S/C14H17FN2O2S2/c15-11-2-1-3-12-14(11)10(13(8-16)20-12)9-17-4-6-21(18,19)7-5-17/h1-3H,4-9,16H2. The van der Waals surface area contributed by atoms with Crippen LogP contribution in [0.15, 0.2) is 18.2 Å². The van der Waals surface area contributed by atoms with Gasteiger partial charge in [-0.15, -0.1) is 11.3 Å². The first kappa shape index (κ1) is 14.9. The van der Waals surface area contributed by atoms with Crippen LogP contribution in [-0.4, -0.2) is 37.9 Å². The third kappa shape index (κ3) is 2.96. The van der Waals surface area contributed by atoms with Crippen LogP contribution in [0.4, 0.5) is 4.39 Å². The molecule has 1 saturated heterocycles. The Morgan fingerprint density at radius 1 is 1.29 bits per heavy atom. The monoisotopic (exact) mass is 328 g/mol. The minimum absolute atomic E-state index is 0.176. The van der Waals surface area contributed by atoms with Gasteiger partial charge in [-0.05, 0) is 17.7 Å². The van der Waals surface area contributed by atoms with Crippen molar-refractivity contribution in [3.8, 4) is 0 Å². The third-order valence-electron chi connectivity index (χ3n) is 3.85. The molecule has 1 aliphatic heterocycles. The van der Waals surface area contributed by atoms with E-state index in [1.54, 1.807) is 6.07 Å². The molecule has 1 aromatic carbocycles. The van der Waals surface area contributed by atoms with Crippen LogP contribution < -0.4 is 5.73 Å². The van der Waals surface area contributed by atoms with Gasteiger partial charge in [0, 0.05) is 41.1 Å². The van der Waals surface area contributed by atoms with Gasteiger partial charge < -0.3 is 5.73 Å². The molecule has 0 amide bonds. The van der Waals surface area contributed by atoms with E-state index >= 15 is 0 Å². The quantitative estimate of drug-likeness (QED) is 0.932. The first-order chi connectivity index (χ1) is 10.00. The van der Waals surface area contributed by atoms with Crippen molar-refractivity contribution in [3.05, 3.63) is 34.5 Å². The van der Waals surface area contributed by atoms with Crippen LogP contribution in [-0.2, 0) is 22.9 Å². The second-order valence-electron chi connectivity index (χ2n) is 5.25. The summed E-state index contributed by atoms with van der Waals surface area (Å²) in [6.45, 7) is 1.93. The van der Waals surface area contributed by atoms with Gasteiger partial charge in [0.15, 0.2) is 9.84 Å². The summed E-state index contributed by atoms with van der Waals surface area (Å²) in [5.41, 5.74) is 6.70. The molecule has 21 heavy (non-hydrogen) atoms. The van der Waals surface area contributed by atoms with Crippen LogP contribution in [0.1, 0.15) is 10.4 Å². The molecule has 7 heteroatoms. The van der Waals surface area contributed by atoms with E-state index in [9.17, 15) is 12.8 Å². The van der Waals surface area contributed by atoms with Gasteiger partial charge in [0.25, 0.3) is 0 Å². The molecular formula is C14H17FN2O2S2. The summed E-state index contributed by atoms with van der Waals surface area (Å²) in [6.07, 6.45) is 0. The Labute approximate surface area is 127 Å².